The van der Waals surface area contributed by atoms with Gasteiger partial charge in [0.2, 0.25) is 0 Å². The van der Waals surface area contributed by atoms with Crippen LogP contribution in [0.2, 0.25) is 0 Å². The quantitative estimate of drug-likeness (QED) is 0.361. The molecule has 4 aromatic rings. The zero-order chi connectivity index (χ0) is 12.3. The molecule has 0 amide bonds. The molecule has 2 N–H and O–H groups in total. The van der Waals surface area contributed by atoms with Gasteiger partial charge in [0.25, 0.3) is 0 Å². The van der Waals surface area contributed by atoms with Gasteiger partial charge in [-0.2, -0.15) is 0 Å². The molecule has 0 aromatic heterocycles. The highest BCUT2D eigenvalue weighted by atomic mass is 79.9. The Morgan fingerprint density at radius 3 is 2.22 bits per heavy atom. The molecule has 0 spiro atoms. The van der Waals surface area contributed by atoms with Gasteiger partial charge in [-0.05, 0) is 48.9 Å². The van der Waals surface area contributed by atoms with E-state index in [9.17, 15) is 0 Å². The number of anilines is 1. The molecule has 4 rings (SSSR count). The van der Waals surface area contributed by atoms with Crippen LogP contribution >= 0.6 is 15.9 Å². The number of hydrogen-bond acceptors (Lipinski definition) is 1. The normalized spacial score (nSPS) is 11.8. The molecule has 0 heterocycles. The van der Waals surface area contributed by atoms with Gasteiger partial charge in [-0.1, -0.05) is 42.5 Å². The Balaban J connectivity index is 2.46. The Morgan fingerprint density at radius 2 is 1.44 bits per heavy atom. The molecule has 18 heavy (non-hydrogen) atoms. The van der Waals surface area contributed by atoms with Crippen LogP contribution in [-0.2, 0) is 0 Å². The van der Waals surface area contributed by atoms with Crippen molar-refractivity contribution in [2.75, 3.05) is 5.73 Å². The fraction of sp³-hybridized carbons (Fsp3) is 0. The summed E-state index contributed by atoms with van der Waals surface area (Å²) in [5, 5.41) is 7.48. The van der Waals surface area contributed by atoms with Crippen molar-refractivity contribution in [2.24, 2.45) is 0 Å². The van der Waals surface area contributed by atoms with Crippen molar-refractivity contribution in [1.29, 1.82) is 0 Å². The molecule has 0 fully saturated rings. The van der Waals surface area contributed by atoms with E-state index < -0.39 is 0 Å². The summed E-state index contributed by atoms with van der Waals surface area (Å²) >= 11 is 3.53. The molecule has 0 atom stereocenters. The van der Waals surface area contributed by atoms with Gasteiger partial charge >= 0.3 is 0 Å². The van der Waals surface area contributed by atoms with Crippen LogP contribution in [0.3, 0.4) is 0 Å². The fourth-order valence-corrected chi connectivity index (χ4v) is 3.26. The van der Waals surface area contributed by atoms with E-state index in [-0.39, 0.29) is 0 Å². The summed E-state index contributed by atoms with van der Waals surface area (Å²) in [4.78, 5) is 0. The molecule has 0 bridgehead atoms. The fourth-order valence-electron chi connectivity index (χ4n) is 2.80. The van der Waals surface area contributed by atoms with Gasteiger partial charge in [-0.15, -0.1) is 0 Å². The molecule has 0 radical (unpaired) electrons. The minimum Gasteiger partial charge on any atom is -0.397 e. The van der Waals surface area contributed by atoms with E-state index in [2.05, 4.69) is 64.5 Å². The zero-order valence-corrected chi connectivity index (χ0v) is 11.2. The number of rotatable bonds is 0. The lowest BCUT2D eigenvalue weighted by atomic mass is 9.94. The molecule has 0 aliphatic rings. The third-order valence-corrected chi connectivity index (χ3v) is 4.29. The first-order chi connectivity index (χ1) is 8.75. The Bertz CT molecular complexity index is 880. The van der Waals surface area contributed by atoms with Crippen molar-refractivity contribution in [3.05, 3.63) is 53.0 Å². The molecule has 0 aliphatic carbocycles. The lowest BCUT2D eigenvalue weighted by molar-refractivity contribution is 1.72. The molecule has 4 aromatic carbocycles. The van der Waals surface area contributed by atoms with Gasteiger partial charge in [0.05, 0.1) is 5.69 Å². The first kappa shape index (κ1) is 10.2. The van der Waals surface area contributed by atoms with Crippen LogP contribution in [0.5, 0.6) is 0 Å². The highest BCUT2D eigenvalue weighted by Crippen LogP contribution is 2.39. The second kappa shape index (κ2) is 3.36. The van der Waals surface area contributed by atoms with Gasteiger partial charge in [0.1, 0.15) is 0 Å². The van der Waals surface area contributed by atoms with Gasteiger partial charge in [0, 0.05) is 9.86 Å². The average molecular weight is 296 g/mol. The molecule has 86 valence electrons. The van der Waals surface area contributed by atoms with Crippen LogP contribution in [-0.4, -0.2) is 0 Å². The highest BCUT2D eigenvalue weighted by Gasteiger charge is 2.11. The third kappa shape index (κ3) is 1.16. The Morgan fingerprint density at radius 1 is 0.778 bits per heavy atom. The maximum atomic E-state index is 6.18. The van der Waals surface area contributed by atoms with E-state index >= 15 is 0 Å². The number of halogens is 1. The largest absolute Gasteiger partial charge is 0.397 e. The molecular weight excluding hydrogens is 286 g/mol. The van der Waals surface area contributed by atoms with Crippen molar-refractivity contribution in [3.63, 3.8) is 0 Å². The second-order valence-corrected chi connectivity index (χ2v) is 5.48. The van der Waals surface area contributed by atoms with Crippen molar-refractivity contribution in [2.45, 2.75) is 0 Å². The summed E-state index contributed by atoms with van der Waals surface area (Å²) in [5.74, 6) is 0. The minimum absolute atomic E-state index is 0.820. The number of nitrogen functional groups attached to an aromatic ring is 1. The van der Waals surface area contributed by atoms with E-state index in [1.807, 2.05) is 0 Å². The second-order valence-electron chi connectivity index (χ2n) is 4.63. The number of nitrogens with two attached hydrogens (primary N) is 1. The van der Waals surface area contributed by atoms with Crippen LogP contribution in [0.15, 0.2) is 53.0 Å². The van der Waals surface area contributed by atoms with Gasteiger partial charge in [0.15, 0.2) is 0 Å². The summed E-state index contributed by atoms with van der Waals surface area (Å²) in [5.41, 5.74) is 7.00. The molecular formula is C16H10BrN. The molecule has 0 aliphatic heterocycles. The topological polar surface area (TPSA) is 26.0 Å². The van der Waals surface area contributed by atoms with E-state index in [0.717, 1.165) is 15.5 Å². The Kier molecular flexibility index (Phi) is 1.90. The minimum atomic E-state index is 0.820. The third-order valence-electron chi connectivity index (χ3n) is 3.64. The molecule has 2 heteroatoms. The number of benzene rings is 4. The summed E-state index contributed by atoms with van der Waals surface area (Å²) in [6.45, 7) is 0. The number of hydrogen-bond donors (Lipinski definition) is 1. The van der Waals surface area contributed by atoms with Crippen molar-refractivity contribution < 1.29 is 0 Å². The zero-order valence-electron chi connectivity index (χ0n) is 9.57. The smallest absolute Gasteiger partial charge is 0.0538 e. The van der Waals surface area contributed by atoms with E-state index in [1.165, 1.54) is 26.9 Å². The van der Waals surface area contributed by atoms with E-state index in [1.54, 1.807) is 0 Å². The summed E-state index contributed by atoms with van der Waals surface area (Å²) in [6, 6.07) is 17.1. The average Bonchev–Trinajstić information content (AvgIpc) is 2.40. The first-order valence-corrected chi connectivity index (χ1v) is 6.66. The van der Waals surface area contributed by atoms with Crippen LogP contribution in [0.4, 0.5) is 5.69 Å². The monoisotopic (exact) mass is 295 g/mol. The van der Waals surface area contributed by atoms with Gasteiger partial charge in [-0.3, -0.25) is 0 Å². The lowest BCUT2D eigenvalue weighted by Gasteiger charge is -2.13. The molecule has 0 unspecified atom stereocenters. The van der Waals surface area contributed by atoms with Gasteiger partial charge < -0.3 is 5.73 Å². The van der Waals surface area contributed by atoms with Crippen LogP contribution in [0.25, 0.3) is 32.3 Å². The molecule has 1 nitrogen and oxygen atoms in total. The maximum Gasteiger partial charge on any atom is 0.0538 e. The van der Waals surface area contributed by atoms with Crippen LogP contribution in [0.1, 0.15) is 0 Å². The van der Waals surface area contributed by atoms with Crippen LogP contribution in [0, 0.1) is 0 Å². The Hall–Kier alpha value is -1.80. The van der Waals surface area contributed by atoms with E-state index in [4.69, 9.17) is 5.73 Å². The molecule has 0 saturated carbocycles. The summed E-state index contributed by atoms with van der Waals surface area (Å²) in [6.07, 6.45) is 0. The first-order valence-electron chi connectivity index (χ1n) is 5.87. The van der Waals surface area contributed by atoms with Crippen molar-refractivity contribution in [3.8, 4) is 0 Å². The SMILES string of the molecule is Nc1c(Br)cc2ccc3cccc4ccc1c2c34. The summed E-state index contributed by atoms with van der Waals surface area (Å²) in [7, 11) is 0. The predicted octanol–water partition coefficient (Wildman–Crippen LogP) is 4.93. The van der Waals surface area contributed by atoms with Crippen LogP contribution < -0.4 is 5.73 Å². The highest BCUT2D eigenvalue weighted by molar-refractivity contribution is 9.10. The van der Waals surface area contributed by atoms with Gasteiger partial charge in [-0.25, -0.2) is 0 Å². The summed E-state index contributed by atoms with van der Waals surface area (Å²) < 4.78 is 0.966. The van der Waals surface area contributed by atoms with Crippen molar-refractivity contribution in [1.82, 2.24) is 0 Å². The standard InChI is InChI=1S/C16H10BrN/c17-13-8-11-5-4-9-2-1-3-10-6-7-12(16(13)18)15(11)14(9)10/h1-8H,18H2. The Labute approximate surface area is 113 Å². The van der Waals surface area contributed by atoms with Crippen molar-refractivity contribution >= 4 is 53.9 Å². The lowest BCUT2D eigenvalue weighted by Crippen LogP contribution is -1.91. The molecule has 0 saturated heterocycles. The van der Waals surface area contributed by atoms with E-state index in [0.29, 0.717) is 0 Å². The maximum absolute atomic E-state index is 6.18. The predicted molar refractivity (Wildman–Crippen MR) is 82.3 cm³/mol.